The van der Waals surface area contributed by atoms with Gasteiger partial charge in [-0.05, 0) is 29.2 Å². The lowest BCUT2D eigenvalue weighted by atomic mass is 9.87. The van der Waals surface area contributed by atoms with E-state index in [4.69, 9.17) is 9.72 Å². The van der Waals surface area contributed by atoms with Crippen LogP contribution in [0.2, 0.25) is 0 Å². The van der Waals surface area contributed by atoms with Gasteiger partial charge < -0.3 is 19.8 Å². The fourth-order valence-corrected chi connectivity index (χ4v) is 3.51. The first-order chi connectivity index (χ1) is 14.5. The summed E-state index contributed by atoms with van der Waals surface area (Å²) in [6.45, 7) is 8.02. The summed E-state index contributed by atoms with van der Waals surface area (Å²) < 4.78 is 7.56. The predicted octanol–water partition coefficient (Wildman–Crippen LogP) is 4.64. The molecule has 0 radical (unpaired) electrons. The molecule has 0 aliphatic carbocycles. The Balaban J connectivity index is 1.52. The number of rotatable bonds is 3. The second-order valence-corrected chi connectivity index (χ2v) is 8.44. The van der Waals surface area contributed by atoms with Crippen LogP contribution in [0.1, 0.15) is 26.3 Å². The lowest BCUT2D eigenvalue weighted by Gasteiger charge is -2.19. The molecule has 1 aliphatic rings. The molecule has 0 atom stereocenters. The molecule has 0 fully saturated rings. The van der Waals surface area contributed by atoms with Crippen LogP contribution in [-0.4, -0.2) is 32.5 Å². The third-order valence-corrected chi connectivity index (χ3v) is 5.19. The SMILES string of the molecule is CC(C)(C)c1ccc(Nc2nc(-c3cnc4c(c3)NCCO4)cn3ccnc23)cc1. The van der Waals surface area contributed by atoms with Gasteiger partial charge in [-0.15, -0.1) is 0 Å². The van der Waals surface area contributed by atoms with E-state index in [1.165, 1.54) is 5.56 Å². The number of fused-ring (bicyclic) bond motifs is 2. The van der Waals surface area contributed by atoms with Gasteiger partial charge in [0.1, 0.15) is 6.61 Å². The van der Waals surface area contributed by atoms with Gasteiger partial charge in [-0.1, -0.05) is 32.9 Å². The molecule has 1 aliphatic heterocycles. The number of benzene rings is 1. The molecule has 0 unspecified atom stereocenters. The first kappa shape index (κ1) is 18.4. The Morgan fingerprint density at radius 1 is 1.13 bits per heavy atom. The third kappa shape index (κ3) is 3.43. The van der Waals surface area contributed by atoms with E-state index >= 15 is 0 Å². The molecular formula is C23H24N6O. The number of aromatic nitrogens is 4. The van der Waals surface area contributed by atoms with E-state index in [2.05, 4.69) is 65.6 Å². The summed E-state index contributed by atoms with van der Waals surface area (Å²) in [5.74, 6) is 1.33. The van der Waals surface area contributed by atoms with Crippen molar-refractivity contribution in [1.82, 2.24) is 19.4 Å². The molecule has 0 amide bonds. The average Bonchev–Trinajstić information content (AvgIpc) is 3.22. The van der Waals surface area contributed by atoms with Crippen molar-refractivity contribution in [3.8, 4) is 17.1 Å². The van der Waals surface area contributed by atoms with Crippen LogP contribution >= 0.6 is 0 Å². The monoisotopic (exact) mass is 400 g/mol. The Morgan fingerprint density at radius 3 is 2.77 bits per heavy atom. The fourth-order valence-electron chi connectivity index (χ4n) is 3.51. The molecule has 7 nitrogen and oxygen atoms in total. The minimum absolute atomic E-state index is 0.115. The number of anilines is 3. The van der Waals surface area contributed by atoms with Crippen LogP contribution in [0.4, 0.5) is 17.2 Å². The molecule has 5 rings (SSSR count). The maximum Gasteiger partial charge on any atom is 0.237 e. The molecule has 0 saturated carbocycles. The summed E-state index contributed by atoms with van der Waals surface area (Å²) in [7, 11) is 0. The van der Waals surface area contributed by atoms with E-state index in [0.29, 0.717) is 18.3 Å². The second-order valence-electron chi connectivity index (χ2n) is 8.44. The van der Waals surface area contributed by atoms with Crippen molar-refractivity contribution < 1.29 is 4.74 Å². The van der Waals surface area contributed by atoms with E-state index in [0.717, 1.165) is 34.8 Å². The van der Waals surface area contributed by atoms with Gasteiger partial charge in [0.15, 0.2) is 11.5 Å². The molecule has 3 aromatic heterocycles. The van der Waals surface area contributed by atoms with Crippen LogP contribution < -0.4 is 15.4 Å². The molecule has 1 aromatic carbocycles. The van der Waals surface area contributed by atoms with Crippen molar-refractivity contribution in [3.05, 3.63) is 60.7 Å². The van der Waals surface area contributed by atoms with Gasteiger partial charge in [-0.3, -0.25) is 0 Å². The summed E-state index contributed by atoms with van der Waals surface area (Å²) in [6, 6.07) is 10.5. The highest BCUT2D eigenvalue weighted by Crippen LogP contribution is 2.31. The predicted molar refractivity (Wildman–Crippen MR) is 119 cm³/mol. The number of pyridine rings is 1. The van der Waals surface area contributed by atoms with Crippen molar-refractivity contribution in [2.24, 2.45) is 0 Å². The highest BCUT2D eigenvalue weighted by molar-refractivity contribution is 5.75. The van der Waals surface area contributed by atoms with E-state index < -0.39 is 0 Å². The molecule has 0 saturated heterocycles. The van der Waals surface area contributed by atoms with E-state index in [1.54, 1.807) is 12.4 Å². The van der Waals surface area contributed by atoms with Crippen LogP contribution in [0.15, 0.2) is 55.1 Å². The Bertz CT molecular complexity index is 1210. The van der Waals surface area contributed by atoms with Crippen LogP contribution in [0.3, 0.4) is 0 Å². The maximum absolute atomic E-state index is 5.59. The number of imidazole rings is 1. The number of nitrogens with one attached hydrogen (secondary N) is 2. The molecule has 0 spiro atoms. The quantitative estimate of drug-likeness (QED) is 0.522. The Hall–Kier alpha value is -3.61. The first-order valence-electron chi connectivity index (χ1n) is 10.1. The van der Waals surface area contributed by atoms with E-state index in [9.17, 15) is 0 Å². The zero-order chi connectivity index (χ0) is 20.7. The van der Waals surface area contributed by atoms with Gasteiger partial charge in [0.2, 0.25) is 5.88 Å². The molecule has 4 heterocycles. The molecule has 30 heavy (non-hydrogen) atoms. The smallest absolute Gasteiger partial charge is 0.237 e. The number of hydrogen-bond acceptors (Lipinski definition) is 6. The Kier molecular flexibility index (Phi) is 4.31. The van der Waals surface area contributed by atoms with Gasteiger partial charge in [-0.25, -0.2) is 15.0 Å². The van der Waals surface area contributed by atoms with Crippen LogP contribution in [0.5, 0.6) is 5.88 Å². The Morgan fingerprint density at radius 2 is 1.97 bits per heavy atom. The molecular weight excluding hydrogens is 376 g/mol. The third-order valence-electron chi connectivity index (χ3n) is 5.19. The van der Waals surface area contributed by atoms with Gasteiger partial charge >= 0.3 is 0 Å². The number of hydrogen-bond donors (Lipinski definition) is 2. The van der Waals surface area contributed by atoms with Gasteiger partial charge in [0.25, 0.3) is 0 Å². The van der Waals surface area contributed by atoms with Crippen LogP contribution in [-0.2, 0) is 5.41 Å². The zero-order valence-corrected chi connectivity index (χ0v) is 17.3. The van der Waals surface area contributed by atoms with Gasteiger partial charge in [-0.2, -0.15) is 0 Å². The van der Waals surface area contributed by atoms with Crippen molar-refractivity contribution in [3.63, 3.8) is 0 Å². The van der Waals surface area contributed by atoms with E-state index in [1.807, 2.05) is 22.9 Å². The van der Waals surface area contributed by atoms with Crippen molar-refractivity contribution in [2.45, 2.75) is 26.2 Å². The molecule has 4 aromatic rings. The summed E-state index contributed by atoms with van der Waals surface area (Å²) in [4.78, 5) is 13.8. The molecule has 0 bridgehead atoms. The topological polar surface area (TPSA) is 76.4 Å². The van der Waals surface area contributed by atoms with Gasteiger partial charge in [0.05, 0.1) is 11.4 Å². The lowest BCUT2D eigenvalue weighted by Crippen LogP contribution is -2.18. The molecule has 7 heteroatoms. The Labute approximate surface area is 175 Å². The lowest BCUT2D eigenvalue weighted by molar-refractivity contribution is 0.310. The summed E-state index contributed by atoms with van der Waals surface area (Å²) in [6.07, 6.45) is 7.44. The fraction of sp³-hybridized carbons (Fsp3) is 0.261. The largest absolute Gasteiger partial charge is 0.474 e. The van der Waals surface area contributed by atoms with E-state index in [-0.39, 0.29) is 5.41 Å². The number of ether oxygens (including phenoxy) is 1. The molecule has 152 valence electrons. The zero-order valence-electron chi connectivity index (χ0n) is 17.3. The summed E-state index contributed by atoms with van der Waals surface area (Å²) in [5, 5.41) is 6.76. The standard InChI is InChI=1S/C23H24N6O/c1-23(2,3)16-4-6-17(7-5-16)27-20-21-25-8-10-29(21)14-19(28-20)15-12-18-22(26-13-15)30-11-9-24-18/h4-8,10,12-14,24H,9,11H2,1-3H3,(H,27,28). The average molecular weight is 400 g/mol. The summed E-state index contributed by atoms with van der Waals surface area (Å²) in [5.41, 5.74) is 5.74. The van der Waals surface area contributed by atoms with Crippen molar-refractivity contribution in [1.29, 1.82) is 0 Å². The summed E-state index contributed by atoms with van der Waals surface area (Å²) >= 11 is 0. The maximum atomic E-state index is 5.59. The second kappa shape index (κ2) is 7.02. The highest BCUT2D eigenvalue weighted by Gasteiger charge is 2.16. The number of nitrogens with zero attached hydrogens (tertiary/aromatic N) is 4. The first-order valence-corrected chi connectivity index (χ1v) is 10.1. The highest BCUT2D eigenvalue weighted by atomic mass is 16.5. The van der Waals surface area contributed by atoms with Crippen LogP contribution in [0.25, 0.3) is 16.9 Å². The van der Waals surface area contributed by atoms with Crippen molar-refractivity contribution in [2.75, 3.05) is 23.8 Å². The minimum Gasteiger partial charge on any atom is -0.474 e. The van der Waals surface area contributed by atoms with Crippen LogP contribution in [0, 0.1) is 0 Å². The molecule has 2 N–H and O–H groups in total. The van der Waals surface area contributed by atoms with Crippen molar-refractivity contribution >= 4 is 22.8 Å². The minimum atomic E-state index is 0.115. The normalized spacial score (nSPS) is 13.4. The van der Waals surface area contributed by atoms with Gasteiger partial charge in [0, 0.05) is 42.6 Å².